The predicted molar refractivity (Wildman–Crippen MR) is 526 cm³/mol. The number of amides is 3. The molecular weight excluding hydrogens is 1940 g/mol. The van der Waals surface area contributed by atoms with Gasteiger partial charge in [0.1, 0.15) is 83.4 Å². The summed E-state index contributed by atoms with van der Waals surface area (Å²) in [6, 6.07) is 15.7. The van der Waals surface area contributed by atoms with Gasteiger partial charge in [-0.15, -0.1) is 0 Å². The number of rotatable bonds is 15. The average Bonchev–Trinajstić information content (AvgIpc) is 0.722. The zero-order chi connectivity index (χ0) is 99.6. The van der Waals surface area contributed by atoms with Crippen LogP contribution in [0.25, 0.3) is 83.9 Å². The lowest BCUT2D eigenvalue weighted by atomic mass is 10.0. The Labute approximate surface area is 822 Å². The lowest BCUT2D eigenvalue weighted by Gasteiger charge is -2.41. The molecule has 0 unspecified atom stereocenters. The second-order valence-corrected chi connectivity index (χ2v) is 36.7. The highest BCUT2D eigenvalue weighted by Crippen LogP contribution is 2.51. The third kappa shape index (κ3) is 17.8. The lowest BCUT2D eigenvalue weighted by Crippen LogP contribution is -2.54. The maximum absolute atomic E-state index is 15.6. The van der Waals surface area contributed by atoms with E-state index < -0.39 is 82.8 Å². The van der Waals surface area contributed by atoms with Gasteiger partial charge in [-0.05, 0) is 142 Å². The van der Waals surface area contributed by atoms with Crippen molar-refractivity contribution in [3.8, 4) is 80.5 Å². The molecule has 702 valence electrons. The van der Waals surface area contributed by atoms with E-state index in [2.05, 4.69) is 52.9 Å². The summed E-state index contributed by atoms with van der Waals surface area (Å²) in [6.45, 7) is 35.9. The number of carbonyl (C=O) groups is 3. The van der Waals surface area contributed by atoms with E-state index in [-0.39, 0.29) is 170 Å². The summed E-state index contributed by atoms with van der Waals surface area (Å²) in [5.41, 5.74) is 8.87. The molecule has 3 amide bonds. The van der Waals surface area contributed by atoms with Crippen molar-refractivity contribution in [3.63, 3.8) is 0 Å². The summed E-state index contributed by atoms with van der Waals surface area (Å²) in [5.74, 6) is -6.77. The van der Waals surface area contributed by atoms with E-state index in [1.807, 2.05) is 77.0 Å². The number of nitrogen functional groups attached to an aromatic ring is 1. The number of nitrogens with zero attached hydrogens (tertiary/aromatic N) is 18. The number of hydrogen-bond acceptors (Lipinski definition) is 21. The third-order valence-corrected chi connectivity index (χ3v) is 27.1. The van der Waals surface area contributed by atoms with Gasteiger partial charge in [0.25, 0.3) is 16.7 Å². The molecule has 15 rings (SSSR count). The smallest absolute Gasteiger partial charge is 0.276 e. The normalized spacial score (nSPS) is 14.0. The van der Waals surface area contributed by atoms with E-state index in [4.69, 9.17) is 125 Å². The van der Waals surface area contributed by atoms with Gasteiger partial charge < -0.3 is 45.3 Å². The number of halogens is 13. The predicted octanol–water partition coefficient (Wildman–Crippen LogP) is 20.2. The molecule has 0 radical (unpaired) electrons. The minimum absolute atomic E-state index is 0.000753. The number of anilines is 4. The van der Waals surface area contributed by atoms with E-state index in [0.29, 0.717) is 125 Å². The fourth-order valence-electron chi connectivity index (χ4n) is 17.2. The van der Waals surface area contributed by atoms with Crippen molar-refractivity contribution in [3.05, 3.63) is 254 Å². The largest absolute Gasteiger partial charge is 0.506 e. The average molecular weight is 2030 g/mol. The summed E-state index contributed by atoms with van der Waals surface area (Å²) in [6.07, 6.45) is 8.62. The molecular formula is C96H84Cl9F4N19O8. The van der Waals surface area contributed by atoms with Gasteiger partial charge >= 0.3 is 0 Å². The number of pyridine rings is 9. The van der Waals surface area contributed by atoms with Gasteiger partial charge in [0.15, 0.2) is 23.3 Å². The highest BCUT2D eigenvalue weighted by atomic mass is 35.5. The molecule has 9 aromatic heterocycles. The van der Waals surface area contributed by atoms with E-state index in [1.165, 1.54) is 51.8 Å². The summed E-state index contributed by atoms with van der Waals surface area (Å²) in [7, 11) is 0. The maximum Gasteiger partial charge on any atom is 0.276 e. The van der Waals surface area contributed by atoms with Crippen LogP contribution >= 0.6 is 104 Å². The number of fused-ring (bicyclic) bond motifs is 3. The first-order valence-electron chi connectivity index (χ1n) is 42.2. The highest BCUT2D eigenvalue weighted by molar-refractivity contribution is 6.41. The first-order chi connectivity index (χ1) is 64.4. The van der Waals surface area contributed by atoms with Crippen molar-refractivity contribution in [2.45, 2.75) is 107 Å². The van der Waals surface area contributed by atoms with Gasteiger partial charge in [0.05, 0.1) is 105 Å². The number of piperazine rings is 3. The minimum Gasteiger partial charge on any atom is -0.506 e. The molecule has 3 aliphatic heterocycles. The summed E-state index contributed by atoms with van der Waals surface area (Å²) < 4.78 is 63.4. The Morgan fingerprint density at radius 2 is 0.743 bits per heavy atom. The Bertz CT molecular complexity index is 7090. The van der Waals surface area contributed by atoms with Crippen molar-refractivity contribution in [1.29, 1.82) is 15.8 Å². The zero-order valence-electron chi connectivity index (χ0n) is 75.0. The highest BCUT2D eigenvalue weighted by Gasteiger charge is 2.39. The fraction of sp³-hybridized carbons (Fsp3) is 0.281. The van der Waals surface area contributed by atoms with Crippen LogP contribution in [0.15, 0.2) is 107 Å². The van der Waals surface area contributed by atoms with Crippen molar-refractivity contribution >= 4 is 178 Å². The van der Waals surface area contributed by atoms with E-state index in [1.54, 1.807) is 70.5 Å². The molecule has 0 bridgehead atoms. The quantitative estimate of drug-likeness (QED) is 0.0282. The van der Waals surface area contributed by atoms with Crippen LogP contribution < -0.4 is 37.1 Å². The molecule has 3 saturated heterocycles. The Morgan fingerprint density at radius 1 is 0.441 bits per heavy atom. The maximum atomic E-state index is 15.6. The molecule has 3 aliphatic rings. The number of benzene rings is 3. The molecule has 0 spiro atoms. The fourth-order valence-corrected chi connectivity index (χ4v) is 19.3. The van der Waals surface area contributed by atoms with Crippen molar-refractivity contribution in [1.82, 2.24) is 58.3 Å². The first-order valence-corrected chi connectivity index (χ1v) is 45.6. The van der Waals surface area contributed by atoms with Crippen LogP contribution in [0.3, 0.4) is 0 Å². The number of phenolic OH excluding ortho intramolecular Hbond substituents is 2. The Kier molecular flexibility index (Phi) is 29.9. The monoisotopic (exact) mass is 2020 g/mol. The second-order valence-electron chi connectivity index (χ2n) is 33.2. The topological polar surface area (TPSA) is 352 Å². The molecule has 3 fully saturated rings. The molecule has 27 nitrogen and oxygen atoms in total. The van der Waals surface area contributed by atoms with Gasteiger partial charge in [0, 0.05) is 124 Å². The molecule has 0 aliphatic carbocycles. The van der Waals surface area contributed by atoms with Crippen LogP contribution in [0.2, 0.25) is 45.2 Å². The zero-order valence-corrected chi connectivity index (χ0v) is 81.8. The van der Waals surface area contributed by atoms with Crippen molar-refractivity contribution in [2.75, 3.05) is 92.4 Å². The van der Waals surface area contributed by atoms with E-state index in [9.17, 15) is 67.9 Å². The Balaban J connectivity index is 0.000000173. The minimum atomic E-state index is -1.24. The second kappa shape index (κ2) is 40.4. The van der Waals surface area contributed by atoms with Crippen LogP contribution in [0.5, 0.6) is 11.5 Å². The number of carbonyl (C=O) groups excluding carboxylic acids is 3. The van der Waals surface area contributed by atoms with Crippen molar-refractivity contribution < 1.29 is 42.2 Å². The SMILES string of the molecule is C=CC(=O)N1CCN(c2c(C#N)c(=O)n(-c3c(C)ccnc3C(C)C)c3nc(-c4c(C)c(Cl)c(F)c(Cl)c4O)c(Cl)cc23)CC1.C=CC(=O)N1CCN(c2c(C#N)c(=O)n(-c3c(C)ccnc3C(C)C)c3nc(-c4c(C)c(Cl)c(F)c(Cl)c4O)c(Cl)cc23)CC1.C=CC(=O)N1CCN(c2c(C#N)c(=O)n(-c3c(C)ccnc3C(C)C)c3nc(-c4c(N)c(Cl)c(F)c(Cl)c4F)c(Cl)cc23)C[C@H]1C. The van der Waals surface area contributed by atoms with Gasteiger partial charge in [-0.1, -0.05) is 166 Å². The van der Waals surface area contributed by atoms with Crippen LogP contribution in [0.4, 0.5) is 40.3 Å². The van der Waals surface area contributed by atoms with Gasteiger partial charge in [-0.3, -0.25) is 57.4 Å². The standard InChI is InChI=1S/C32H28Cl3F2N7O2.2C32H28Cl3FN6O3/c1-6-20(45)43-10-9-42(13-16(43)5)30-17-11-19(33)28(21-24(36)22(34)25(37)23(35)26(21)39)41-31(17)44(32(46)18(30)12-38)29-15(4)7-8-40-27(29)14(2)3;2*1-6-21(43)40-9-11-41(12-10-40)29-18-13-20(33)27(22-17(5)23(34)25(36)24(35)30(22)44)39-31(18)42(32(45)19(29)14-37)28-16(4)7-8-38-26(28)15(2)3/h6-8,11,14,16H,1,9-10,13,39H2,2-5H3;2*6-8,13,15,44H,1,9-12H2,2-5H3/t16-;;/m1../s1. The van der Waals surface area contributed by atoms with E-state index >= 15 is 4.39 Å². The molecule has 1 atom stereocenters. The Morgan fingerprint density at radius 3 is 1.04 bits per heavy atom. The molecule has 4 N–H and O–H groups in total. The molecule has 136 heavy (non-hydrogen) atoms. The molecule has 40 heteroatoms. The first kappa shape index (κ1) is 101. The number of hydrogen-bond donors (Lipinski definition) is 3. The van der Waals surface area contributed by atoms with Gasteiger partial charge in [0.2, 0.25) is 17.7 Å². The number of nitriles is 3. The molecule has 0 saturated carbocycles. The molecule has 12 heterocycles. The summed E-state index contributed by atoms with van der Waals surface area (Å²) in [4.78, 5) is 119. The number of aromatic hydroxyl groups is 2. The molecule has 12 aromatic rings. The van der Waals surface area contributed by atoms with E-state index in [0.717, 1.165) is 0 Å². The summed E-state index contributed by atoms with van der Waals surface area (Å²) in [5, 5.41) is 50.8. The number of aryl methyl sites for hydroxylation is 3. The third-order valence-electron chi connectivity index (χ3n) is 24.0. The number of phenols is 2. The van der Waals surface area contributed by atoms with Crippen LogP contribution in [-0.4, -0.2) is 164 Å². The van der Waals surface area contributed by atoms with Crippen LogP contribution in [-0.2, 0) is 14.4 Å². The van der Waals surface area contributed by atoms with Crippen molar-refractivity contribution in [2.24, 2.45) is 0 Å². The van der Waals surface area contributed by atoms with Crippen LogP contribution in [0.1, 0.15) is 128 Å². The van der Waals surface area contributed by atoms with Gasteiger partial charge in [-0.2, -0.15) is 15.8 Å². The number of aromatic nitrogens is 9. The van der Waals surface area contributed by atoms with Crippen LogP contribution in [0, 0.1) is 91.9 Å². The number of nitrogens with two attached hydrogens (primary N) is 1. The Hall–Kier alpha value is -12.6. The lowest BCUT2D eigenvalue weighted by molar-refractivity contribution is -0.128. The van der Waals surface area contributed by atoms with Gasteiger partial charge in [-0.25, -0.2) is 32.5 Å². The molecule has 3 aromatic carbocycles. The summed E-state index contributed by atoms with van der Waals surface area (Å²) >= 11 is 57.1.